The van der Waals surface area contributed by atoms with Crippen LogP contribution in [0, 0.1) is 0 Å². The van der Waals surface area contributed by atoms with E-state index >= 15 is 0 Å². The van der Waals surface area contributed by atoms with Crippen molar-refractivity contribution in [2.24, 2.45) is 0 Å². The third kappa shape index (κ3) is 3.38. The summed E-state index contributed by atoms with van der Waals surface area (Å²) in [5.74, 6) is -2.16. The molecule has 0 aromatic carbocycles. The van der Waals surface area contributed by atoms with E-state index in [-0.39, 0.29) is 18.6 Å². The average molecular weight is 322 g/mol. The normalized spacial score (nSPS) is 19.7. The number of carbonyl (C=O) groups is 1. The molecule has 1 aliphatic rings. The molecule has 0 amide bonds. The molecule has 2 heterocycles. The molecule has 1 fully saturated rings. The van der Waals surface area contributed by atoms with Crippen LogP contribution in [0.1, 0.15) is 17.7 Å². The molecule has 0 bridgehead atoms. The Labute approximate surface area is 125 Å². The molecule has 118 valence electrons. The van der Waals surface area contributed by atoms with Crippen molar-refractivity contribution in [2.75, 3.05) is 27.2 Å². The number of nitrogens with zero attached hydrogens (tertiary/aromatic N) is 2. The highest BCUT2D eigenvalue weighted by Gasteiger charge is 2.45. The Bertz CT molecular complexity index is 480. The van der Waals surface area contributed by atoms with Gasteiger partial charge in [-0.1, -0.05) is 6.07 Å². The molecule has 2 rings (SSSR count). The van der Waals surface area contributed by atoms with Gasteiger partial charge in [0, 0.05) is 18.0 Å². The summed E-state index contributed by atoms with van der Waals surface area (Å²) in [5, 5.41) is 3.09. The van der Waals surface area contributed by atoms with Gasteiger partial charge in [-0.25, -0.2) is 4.79 Å². The van der Waals surface area contributed by atoms with Gasteiger partial charge in [-0.05, 0) is 38.4 Å². The Morgan fingerprint density at radius 3 is 2.43 bits per heavy atom. The number of hydrogen-bond acceptors (Lipinski definition) is 5. The molecule has 0 radical (unpaired) electrons. The number of alkyl halides is 3. The third-order valence-corrected chi connectivity index (χ3v) is 4.89. The van der Waals surface area contributed by atoms with Crippen molar-refractivity contribution in [3.8, 4) is 0 Å². The first-order valence-electron chi connectivity index (χ1n) is 6.51. The summed E-state index contributed by atoms with van der Waals surface area (Å²) in [6, 6.07) is 3.99. The van der Waals surface area contributed by atoms with E-state index in [9.17, 15) is 18.0 Å². The van der Waals surface area contributed by atoms with Crippen LogP contribution in [0.4, 0.5) is 13.2 Å². The van der Waals surface area contributed by atoms with Crippen LogP contribution in [0.15, 0.2) is 17.5 Å². The van der Waals surface area contributed by atoms with Crippen molar-refractivity contribution in [1.82, 2.24) is 9.96 Å². The van der Waals surface area contributed by atoms with Gasteiger partial charge < -0.3 is 4.84 Å². The van der Waals surface area contributed by atoms with Crippen LogP contribution in [0.3, 0.4) is 0 Å². The minimum atomic E-state index is -4.95. The molecule has 0 atom stereocenters. The standard InChI is InChI=1S/C13H17F3N2O2S/c1-17(2)12(10-4-3-9-21-10)5-7-18(8-6-12)20-11(19)13(14,15)16/h3-4,9H,5-8H2,1-2H3. The summed E-state index contributed by atoms with van der Waals surface area (Å²) < 4.78 is 36.6. The maximum Gasteiger partial charge on any atom is 0.492 e. The number of hydrogen-bond donors (Lipinski definition) is 0. The number of thiophene rings is 1. The quantitative estimate of drug-likeness (QED) is 0.856. The van der Waals surface area contributed by atoms with Crippen LogP contribution in [-0.4, -0.2) is 49.3 Å². The number of piperidine rings is 1. The molecular weight excluding hydrogens is 305 g/mol. The van der Waals surface area contributed by atoms with Crippen LogP contribution in [-0.2, 0) is 15.2 Å². The van der Waals surface area contributed by atoms with Crippen molar-refractivity contribution in [3.05, 3.63) is 22.4 Å². The monoisotopic (exact) mass is 322 g/mol. The van der Waals surface area contributed by atoms with Gasteiger partial charge in [0.05, 0.1) is 5.54 Å². The fourth-order valence-electron chi connectivity index (χ4n) is 2.57. The second kappa shape index (κ2) is 5.94. The first-order chi connectivity index (χ1) is 9.75. The average Bonchev–Trinajstić information content (AvgIpc) is 2.92. The maximum absolute atomic E-state index is 12.2. The summed E-state index contributed by atoms with van der Waals surface area (Å²) in [5.41, 5.74) is -0.213. The molecule has 1 aromatic rings. The third-order valence-electron chi connectivity index (χ3n) is 3.83. The van der Waals surface area contributed by atoms with E-state index in [1.54, 1.807) is 11.3 Å². The van der Waals surface area contributed by atoms with Crippen LogP contribution in [0.5, 0.6) is 0 Å². The van der Waals surface area contributed by atoms with E-state index in [0.717, 1.165) is 5.06 Å². The second-order valence-electron chi connectivity index (χ2n) is 5.21. The molecule has 1 aromatic heterocycles. The highest BCUT2D eigenvalue weighted by molar-refractivity contribution is 7.10. The highest BCUT2D eigenvalue weighted by atomic mass is 32.1. The minimum absolute atomic E-state index is 0.213. The molecule has 1 saturated heterocycles. The summed E-state index contributed by atoms with van der Waals surface area (Å²) >= 11 is 1.63. The molecule has 0 unspecified atom stereocenters. The van der Waals surface area contributed by atoms with Gasteiger partial charge in [-0.3, -0.25) is 4.90 Å². The molecule has 1 aliphatic heterocycles. The predicted molar refractivity (Wildman–Crippen MR) is 72.6 cm³/mol. The van der Waals surface area contributed by atoms with Gasteiger partial charge >= 0.3 is 12.1 Å². The smallest absolute Gasteiger partial charge is 0.361 e. The van der Waals surface area contributed by atoms with Gasteiger partial charge in [0.25, 0.3) is 0 Å². The van der Waals surface area contributed by atoms with Crippen LogP contribution >= 0.6 is 11.3 Å². The number of hydroxylamine groups is 2. The zero-order valence-corrected chi connectivity index (χ0v) is 12.6. The lowest BCUT2D eigenvalue weighted by Gasteiger charge is -2.44. The van der Waals surface area contributed by atoms with E-state index in [2.05, 4.69) is 9.74 Å². The van der Waals surface area contributed by atoms with E-state index in [1.165, 1.54) is 4.88 Å². The van der Waals surface area contributed by atoms with Crippen LogP contribution in [0.25, 0.3) is 0 Å². The number of rotatable bonds is 3. The van der Waals surface area contributed by atoms with Crippen molar-refractivity contribution < 1.29 is 22.8 Å². The first kappa shape index (κ1) is 16.3. The van der Waals surface area contributed by atoms with Crippen molar-refractivity contribution in [3.63, 3.8) is 0 Å². The summed E-state index contributed by atoms with van der Waals surface area (Å²) in [4.78, 5) is 18.5. The van der Waals surface area contributed by atoms with E-state index in [1.807, 2.05) is 31.6 Å². The second-order valence-corrected chi connectivity index (χ2v) is 6.16. The lowest BCUT2D eigenvalue weighted by Crippen LogP contribution is -2.51. The fraction of sp³-hybridized carbons (Fsp3) is 0.615. The molecule has 21 heavy (non-hydrogen) atoms. The lowest BCUT2D eigenvalue weighted by atomic mass is 9.85. The minimum Gasteiger partial charge on any atom is -0.361 e. The fourth-order valence-corrected chi connectivity index (χ4v) is 3.64. The molecule has 0 spiro atoms. The number of halogens is 3. The molecular formula is C13H17F3N2O2S. The molecule has 4 nitrogen and oxygen atoms in total. The predicted octanol–water partition coefficient (Wildman–Crippen LogP) is 2.62. The summed E-state index contributed by atoms with van der Waals surface area (Å²) in [7, 11) is 3.91. The molecule has 0 aliphatic carbocycles. The molecule has 0 saturated carbocycles. The van der Waals surface area contributed by atoms with E-state index < -0.39 is 12.1 Å². The maximum atomic E-state index is 12.2. The highest BCUT2D eigenvalue weighted by Crippen LogP contribution is 2.39. The van der Waals surface area contributed by atoms with E-state index in [0.29, 0.717) is 12.8 Å². The zero-order valence-electron chi connectivity index (χ0n) is 11.8. The Hall–Kier alpha value is -1.12. The van der Waals surface area contributed by atoms with Gasteiger partial charge in [0.2, 0.25) is 0 Å². The molecule has 0 N–H and O–H groups in total. The van der Waals surface area contributed by atoms with Gasteiger partial charge in [0.1, 0.15) is 0 Å². The van der Waals surface area contributed by atoms with Gasteiger partial charge in [-0.15, -0.1) is 16.4 Å². The van der Waals surface area contributed by atoms with Crippen molar-refractivity contribution in [2.45, 2.75) is 24.6 Å². The topological polar surface area (TPSA) is 32.8 Å². The van der Waals surface area contributed by atoms with Crippen molar-refractivity contribution >= 4 is 17.3 Å². The summed E-state index contributed by atoms with van der Waals surface area (Å²) in [6.45, 7) is 0.551. The Morgan fingerprint density at radius 2 is 2.00 bits per heavy atom. The lowest BCUT2D eigenvalue weighted by molar-refractivity contribution is -0.244. The molecule has 8 heteroatoms. The van der Waals surface area contributed by atoms with E-state index in [4.69, 9.17) is 0 Å². The van der Waals surface area contributed by atoms with Gasteiger partial charge in [-0.2, -0.15) is 13.2 Å². The van der Waals surface area contributed by atoms with Gasteiger partial charge in [0.15, 0.2) is 0 Å². The van der Waals surface area contributed by atoms with Crippen LogP contribution < -0.4 is 0 Å². The summed E-state index contributed by atoms with van der Waals surface area (Å²) in [6.07, 6.45) is -3.75. The Balaban J connectivity index is 2.03. The first-order valence-corrected chi connectivity index (χ1v) is 7.39. The largest absolute Gasteiger partial charge is 0.492 e. The Morgan fingerprint density at radius 1 is 1.38 bits per heavy atom. The Kier molecular flexibility index (Phi) is 4.60. The SMILES string of the molecule is CN(C)C1(c2cccs2)CCN(OC(=O)C(F)(F)F)CC1. The van der Waals surface area contributed by atoms with Crippen molar-refractivity contribution in [1.29, 1.82) is 0 Å². The number of carbonyl (C=O) groups excluding carboxylic acids is 1. The zero-order chi connectivity index (χ0) is 15.7. The van der Waals surface area contributed by atoms with Crippen LogP contribution in [0.2, 0.25) is 0 Å².